The first-order valence-corrected chi connectivity index (χ1v) is 5.40. The molecule has 1 aromatic rings. The zero-order chi connectivity index (χ0) is 12.7. The third kappa shape index (κ3) is 4.26. The second kappa shape index (κ2) is 6.67. The maximum atomic E-state index is 11.1. The van der Waals surface area contributed by atoms with E-state index in [1.807, 2.05) is 6.92 Å². The average molecular weight is 239 g/mol. The smallest absolute Gasteiger partial charge is 0.325 e. The van der Waals surface area contributed by atoms with E-state index in [1.54, 1.807) is 24.3 Å². The van der Waals surface area contributed by atoms with Crippen molar-refractivity contribution in [1.29, 1.82) is 0 Å². The van der Waals surface area contributed by atoms with Crippen molar-refractivity contribution in [2.75, 3.05) is 32.2 Å². The lowest BCUT2D eigenvalue weighted by Crippen LogP contribution is -2.27. The predicted octanol–water partition coefficient (Wildman–Crippen LogP) is 0.875. The topological polar surface area (TPSA) is 64.5 Å². The van der Waals surface area contributed by atoms with Gasteiger partial charge in [0.15, 0.2) is 5.82 Å². The molecule has 17 heavy (non-hydrogen) atoms. The summed E-state index contributed by atoms with van der Waals surface area (Å²) in [5, 5.41) is 0. The number of esters is 1. The van der Waals surface area contributed by atoms with Crippen LogP contribution in [0.15, 0.2) is 12.4 Å². The van der Waals surface area contributed by atoms with Gasteiger partial charge in [0.25, 0.3) is 0 Å². The van der Waals surface area contributed by atoms with Gasteiger partial charge in [-0.25, -0.2) is 0 Å². The van der Waals surface area contributed by atoms with E-state index in [2.05, 4.69) is 14.7 Å². The standard InChI is InChI=1S/C11H17N3O3/c1-4-5-17-10-7-12-6-9(13-10)14(2)8-11(15)16-3/h6-7H,4-5,8H2,1-3H3. The van der Waals surface area contributed by atoms with E-state index in [1.165, 1.54) is 7.11 Å². The fourth-order valence-corrected chi connectivity index (χ4v) is 1.14. The van der Waals surface area contributed by atoms with Crippen molar-refractivity contribution in [2.45, 2.75) is 13.3 Å². The van der Waals surface area contributed by atoms with Crippen molar-refractivity contribution >= 4 is 11.8 Å². The van der Waals surface area contributed by atoms with Crippen LogP contribution in [0.1, 0.15) is 13.3 Å². The van der Waals surface area contributed by atoms with E-state index in [0.717, 1.165) is 6.42 Å². The number of nitrogens with zero attached hydrogens (tertiary/aromatic N) is 3. The Bertz CT molecular complexity index is 371. The fraction of sp³-hybridized carbons (Fsp3) is 0.545. The summed E-state index contributed by atoms with van der Waals surface area (Å²) in [6.45, 7) is 2.74. The summed E-state index contributed by atoms with van der Waals surface area (Å²) in [5.41, 5.74) is 0. The predicted molar refractivity (Wildman–Crippen MR) is 63.1 cm³/mol. The van der Waals surface area contributed by atoms with Crippen LogP contribution >= 0.6 is 0 Å². The molecule has 0 atom stereocenters. The van der Waals surface area contributed by atoms with Crippen molar-refractivity contribution < 1.29 is 14.3 Å². The number of aromatic nitrogens is 2. The number of hydrogen-bond acceptors (Lipinski definition) is 6. The maximum absolute atomic E-state index is 11.1. The van der Waals surface area contributed by atoms with Gasteiger partial charge in [-0.15, -0.1) is 0 Å². The SMILES string of the molecule is CCCOc1cncc(N(C)CC(=O)OC)n1. The van der Waals surface area contributed by atoms with Crippen molar-refractivity contribution in [3.05, 3.63) is 12.4 Å². The molecule has 0 aliphatic rings. The molecule has 0 aliphatic heterocycles. The highest BCUT2D eigenvalue weighted by molar-refractivity contribution is 5.74. The highest BCUT2D eigenvalue weighted by Crippen LogP contribution is 2.12. The van der Waals surface area contributed by atoms with Crippen LogP contribution in [0.25, 0.3) is 0 Å². The van der Waals surface area contributed by atoms with E-state index >= 15 is 0 Å². The molecule has 6 heteroatoms. The summed E-state index contributed by atoms with van der Waals surface area (Å²) in [6, 6.07) is 0. The lowest BCUT2D eigenvalue weighted by atomic mass is 10.5. The molecule has 1 aromatic heterocycles. The largest absolute Gasteiger partial charge is 0.477 e. The molecule has 1 rings (SSSR count). The van der Waals surface area contributed by atoms with Gasteiger partial charge in [0.2, 0.25) is 5.88 Å². The molecule has 0 saturated carbocycles. The van der Waals surface area contributed by atoms with Crippen molar-refractivity contribution in [3.8, 4) is 5.88 Å². The second-order valence-corrected chi connectivity index (χ2v) is 3.50. The third-order valence-corrected chi connectivity index (χ3v) is 2.04. The van der Waals surface area contributed by atoms with Crippen LogP contribution in [0.4, 0.5) is 5.82 Å². The van der Waals surface area contributed by atoms with Gasteiger partial charge in [-0.2, -0.15) is 4.98 Å². The quantitative estimate of drug-likeness (QED) is 0.686. The maximum Gasteiger partial charge on any atom is 0.325 e. The number of ether oxygens (including phenoxy) is 2. The number of methoxy groups -OCH3 is 1. The average Bonchev–Trinajstić information content (AvgIpc) is 2.36. The van der Waals surface area contributed by atoms with Crippen molar-refractivity contribution in [3.63, 3.8) is 0 Å². The van der Waals surface area contributed by atoms with Gasteiger partial charge in [0, 0.05) is 7.05 Å². The van der Waals surface area contributed by atoms with Gasteiger partial charge in [0.1, 0.15) is 6.54 Å². The Hall–Kier alpha value is -1.85. The molecule has 0 amide bonds. The lowest BCUT2D eigenvalue weighted by Gasteiger charge is -2.16. The minimum atomic E-state index is -0.325. The van der Waals surface area contributed by atoms with E-state index < -0.39 is 0 Å². The summed E-state index contributed by atoms with van der Waals surface area (Å²) in [5.74, 6) is 0.708. The molecular weight excluding hydrogens is 222 g/mol. The lowest BCUT2D eigenvalue weighted by molar-refractivity contribution is -0.138. The number of hydrogen-bond donors (Lipinski definition) is 0. The number of rotatable bonds is 6. The molecule has 1 heterocycles. The normalized spacial score (nSPS) is 9.82. The first-order chi connectivity index (χ1) is 8.17. The molecule has 0 saturated heterocycles. The van der Waals surface area contributed by atoms with Crippen LogP contribution in [0, 0.1) is 0 Å². The Morgan fingerprint density at radius 1 is 1.47 bits per heavy atom. The summed E-state index contributed by atoms with van der Waals surface area (Å²) < 4.78 is 9.94. The van der Waals surface area contributed by atoms with Crippen LogP contribution in [0.2, 0.25) is 0 Å². The molecule has 0 fully saturated rings. The number of carbonyl (C=O) groups excluding carboxylic acids is 1. The minimum absolute atomic E-state index is 0.127. The van der Waals surface area contributed by atoms with Crippen LogP contribution in [0.3, 0.4) is 0 Å². The van der Waals surface area contributed by atoms with Gasteiger partial charge >= 0.3 is 5.97 Å². The molecule has 0 N–H and O–H groups in total. The third-order valence-electron chi connectivity index (χ3n) is 2.04. The molecule has 0 spiro atoms. The van der Waals surface area contributed by atoms with E-state index in [4.69, 9.17) is 4.74 Å². The first-order valence-electron chi connectivity index (χ1n) is 5.40. The van der Waals surface area contributed by atoms with Crippen LogP contribution in [0.5, 0.6) is 5.88 Å². The number of likely N-dealkylation sites (N-methyl/N-ethyl adjacent to an activating group) is 1. The fourth-order valence-electron chi connectivity index (χ4n) is 1.14. The first kappa shape index (κ1) is 13.2. The van der Waals surface area contributed by atoms with E-state index in [-0.39, 0.29) is 12.5 Å². The Labute approximate surface area is 101 Å². The molecule has 0 unspecified atom stereocenters. The Balaban J connectivity index is 2.66. The number of carbonyl (C=O) groups is 1. The Morgan fingerprint density at radius 3 is 2.88 bits per heavy atom. The highest BCUT2D eigenvalue weighted by Gasteiger charge is 2.09. The summed E-state index contributed by atoms with van der Waals surface area (Å²) in [6.07, 6.45) is 4.02. The van der Waals surface area contributed by atoms with E-state index in [9.17, 15) is 4.79 Å². The van der Waals surface area contributed by atoms with Gasteiger partial charge in [-0.3, -0.25) is 9.78 Å². The van der Waals surface area contributed by atoms with Gasteiger partial charge in [-0.1, -0.05) is 6.92 Å². The molecule has 0 aromatic carbocycles. The zero-order valence-electron chi connectivity index (χ0n) is 10.3. The summed E-state index contributed by atoms with van der Waals surface area (Å²) >= 11 is 0. The molecular formula is C11H17N3O3. The number of anilines is 1. The van der Waals surface area contributed by atoms with Gasteiger partial charge in [0.05, 0.1) is 26.1 Å². The molecule has 0 radical (unpaired) electrons. The highest BCUT2D eigenvalue weighted by atomic mass is 16.5. The van der Waals surface area contributed by atoms with Crippen LogP contribution in [-0.2, 0) is 9.53 Å². The molecule has 6 nitrogen and oxygen atoms in total. The second-order valence-electron chi connectivity index (χ2n) is 3.50. The van der Waals surface area contributed by atoms with Gasteiger partial charge < -0.3 is 14.4 Å². The monoisotopic (exact) mass is 239 g/mol. The Kier molecular flexibility index (Phi) is 5.19. The molecule has 0 aliphatic carbocycles. The van der Waals surface area contributed by atoms with Gasteiger partial charge in [-0.05, 0) is 6.42 Å². The molecule has 94 valence electrons. The van der Waals surface area contributed by atoms with Crippen LogP contribution in [-0.4, -0.2) is 43.2 Å². The Morgan fingerprint density at radius 2 is 2.24 bits per heavy atom. The summed E-state index contributed by atoms with van der Waals surface area (Å²) in [7, 11) is 3.09. The van der Waals surface area contributed by atoms with E-state index in [0.29, 0.717) is 18.3 Å². The minimum Gasteiger partial charge on any atom is -0.477 e. The van der Waals surface area contributed by atoms with Crippen LogP contribution < -0.4 is 9.64 Å². The molecule has 0 bridgehead atoms. The summed E-state index contributed by atoms with van der Waals surface area (Å²) in [4.78, 5) is 21.0. The van der Waals surface area contributed by atoms with Crippen molar-refractivity contribution in [1.82, 2.24) is 9.97 Å². The zero-order valence-corrected chi connectivity index (χ0v) is 10.3. The van der Waals surface area contributed by atoms with Crippen molar-refractivity contribution in [2.24, 2.45) is 0 Å².